The molecule has 1 aliphatic rings. The molecule has 0 atom stereocenters. The minimum absolute atomic E-state index is 0.0315. The molecule has 0 saturated heterocycles. The number of rotatable bonds is 7. The van der Waals surface area contributed by atoms with Gasteiger partial charge in [-0.05, 0) is 13.0 Å². The summed E-state index contributed by atoms with van der Waals surface area (Å²) in [5, 5.41) is 26.7. The topological polar surface area (TPSA) is 140 Å². The number of nitro groups is 2. The van der Waals surface area contributed by atoms with Gasteiger partial charge in [0.15, 0.2) is 5.71 Å². The summed E-state index contributed by atoms with van der Waals surface area (Å²) in [7, 11) is 0. The van der Waals surface area contributed by atoms with Crippen LogP contribution in [0, 0.1) is 27.2 Å². The molecule has 11 heteroatoms. The molecule has 0 amide bonds. The molecular weight excluding hydrogens is 398 g/mol. The van der Waals surface area contributed by atoms with Gasteiger partial charge in [0, 0.05) is 23.9 Å². The lowest BCUT2D eigenvalue weighted by molar-refractivity contribution is -0.393. The van der Waals surface area contributed by atoms with E-state index in [-0.39, 0.29) is 17.2 Å². The summed E-state index contributed by atoms with van der Waals surface area (Å²) in [5.41, 5.74) is 2.93. The number of aryl methyl sites for hydroxylation is 1. The lowest BCUT2D eigenvalue weighted by Crippen LogP contribution is -2.23. The quantitative estimate of drug-likeness (QED) is 0.316. The number of hydrogen-bond acceptors (Lipinski definition) is 9. The van der Waals surface area contributed by atoms with Crippen molar-refractivity contribution in [2.24, 2.45) is 10.1 Å². The SMILES string of the molecule is Cc1ccc(C(=O)/C(=N\Nc2ccc([N+](=O)[O-])cc2[N+](=O)[O-])C2=NCCS2)cc1. The average molecular weight is 413 g/mol. The maximum Gasteiger partial charge on any atom is 0.301 e. The lowest BCUT2D eigenvalue weighted by Gasteiger charge is -2.08. The molecule has 0 aromatic heterocycles. The smallest absolute Gasteiger partial charge is 0.287 e. The van der Waals surface area contributed by atoms with Crippen LogP contribution in [0.25, 0.3) is 0 Å². The van der Waals surface area contributed by atoms with Crippen molar-refractivity contribution in [1.29, 1.82) is 0 Å². The molecule has 148 valence electrons. The summed E-state index contributed by atoms with van der Waals surface area (Å²) in [5.74, 6) is 0.322. The summed E-state index contributed by atoms with van der Waals surface area (Å²) in [6.07, 6.45) is 0. The summed E-state index contributed by atoms with van der Waals surface area (Å²) in [6.45, 7) is 2.44. The monoisotopic (exact) mass is 413 g/mol. The summed E-state index contributed by atoms with van der Waals surface area (Å²) in [4.78, 5) is 37.9. The van der Waals surface area contributed by atoms with Gasteiger partial charge in [-0.25, -0.2) is 0 Å². The molecule has 0 spiro atoms. The minimum Gasteiger partial charge on any atom is -0.287 e. The van der Waals surface area contributed by atoms with E-state index in [9.17, 15) is 25.0 Å². The molecule has 10 nitrogen and oxygen atoms in total. The number of nitro benzene ring substituents is 2. The second-order valence-corrected chi connectivity index (χ2v) is 7.10. The van der Waals surface area contributed by atoms with E-state index in [4.69, 9.17) is 0 Å². The van der Waals surface area contributed by atoms with Crippen LogP contribution in [0.5, 0.6) is 0 Å². The van der Waals surface area contributed by atoms with Crippen LogP contribution in [0.4, 0.5) is 17.1 Å². The van der Waals surface area contributed by atoms with Crippen molar-refractivity contribution in [2.75, 3.05) is 17.7 Å². The van der Waals surface area contributed by atoms with Gasteiger partial charge in [-0.1, -0.05) is 29.8 Å². The average Bonchev–Trinajstić information content (AvgIpc) is 3.22. The molecular formula is C18H15N5O5S. The number of non-ortho nitro benzene ring substituents is 1. The molecule has 0 bridgehead atoms. The number of Topliss-reactive ketones (excluding diaryl/α,β-unsaturated/α-hetero) is 1. The number of hydrazone groups is 1. The number of benzene rings is 2. The van der Waals surface area contributed by atoms with Crippen LogP contribution in [-0.4, -0.2) is 38.7 Å². The number of anilines is 1. The van der Waals surface area contributed by atoms with Gasteiger partial charge in [0.2, 0.25) is 5.78 Å². The Morgan fingerprint density at radius 3 is 2.45 bits per heavy atom. The van der Waals surface area contributed by atoms with Crippen molar-refractivity contribution in [3.63, 3.8) is 0 Å². The Balaban J connectivity index is 1.97. The number of ketones is 1. The molecule has 1 N–H and O–H groups in total. The van der Waals surface area contributed by atoms with Crippen LogP contribution in [0.1, 0.15) is 15.9 Å². The van der Waals surface area contributed by atoms with Gasteiger partial charge < -0.3 is 0 Å². The van der Waals surface area contributed by atoms with Gasteiger partial charge in [0.1, 0.15) is 10.7 Å². The number of carbonyl (C=O) groups is 1. The Kier molecular flexibility index (Phi) is 5.98. The minimum atomic E-state index is -0.756. The predicted molar refractivity (Wildman–Crippen MR) is 111 cm³/mol. The van der Waals surface area contributed by atoms with Gasteiger partial charge in [-0.3, -0.25) is 35.4 Å². The maximum atomic E-state index is 12.9. The predicted octanol–water partition coefficient (Wildman–Crippen LogP) is 3.61. The highest BCUT2D eigenvalue weighted by Gasteiger charge is 2.24. The Hall–Kier alpha value is -3.60. The molecule has 29 heavy (non-hydrogen) atoms. The van der Waals surface area contributed by atoms with E-state index in [1.165, 1.54) is 17.8 Å². The van der Waals surface area contributed by atoms with Crippen molar-refractivity contribution < 1.29 is 14.6 Å². The van der Waals surface area contributed by atoms with Crippen LogP contribution in [0.3, 0.4) is 0 Å². The fourth-order valence-electron chi connectivity index (χ4n) is 2.51. The van der Waals surface area contributed by atoms with Crippen molar-refractivity contribution in [3.05, 3.63) is 73.8 Å². The van der Waals surface area contributed by atoms with E-state index >= 15 is 0 Å². The first-order valence-electron chi connectivity index (χ1n) is 8.42. The van der Waals surface area contributed by atoms with E-state index in [2.05, 4.69) is 15.5 Å². The summed E-state index contributed by atoms with van der Waals surface area (Å²) in [6, 6.07) is 10.1. The first-order valence-corrected chi connectivity index (χ1v) is 9.41. The Labute approximate surface area is 169 Å². The van der Waals surface area contributed by atoms with Crippen LogP contribution in [-0.2, 0) is 0 Å². The van der Waals surface area contributed by atoms with Crippen LogP contribution in [0.2, 0.25) is 0 Å². The Morgan fingerprint density at radius 2 is 1.86 bits per heavy atom. The molecule has 0 radical (unpaired) electrons. The first kappa shape index (κ1) is 20.1. The first-order chi connectivity index (χ1) is 13.9. The van der Waals surface area contributed by atoms with Crippen molar-refractivity contribution in [3.8, 4) is 0 Å². The van der Waals surface area contributed by atoms with Gasteiger partial charge in [-0.15, -0.1) is 11.8 Å². The number of thioether (sulfide) groups is 1. The zero-order chi connectivity index (χ0) is 21.0. The molecule has 0 unspecified atom stereocenters. The fraction of sp³-hybridized carbons (Fsp3) is 0.167. The molecule has 3 rings (SSSR count). The third-order valence-electron chi connectivity index (χ3n) is 3.99. The maximum absolute atomic E-state index is 12.9. The highest BCUT2D eigenvalue weighted by Crippen LogP contribution is 2.29. The highest BCUT2D eigenvalue weighted by atomic mass is 32.2. The van der Waals surface area contributed by atoms with Crippen molar-refractivity contribution in [1.82, 2.24) is 0 Å². The van der Waals surface area contributed by atoms with Crippen LogP contribution >= 0.6 is 11.8 Å². The van der Waals surface area contributed by atoms with E-state index in [0.29, 0.717) is 22.9 Å². The lowest BCUT2D eigenvalue weighted by atomic mass is 10.1. The zero-order valence-electron chi connectivity index (χ0n) is 15.2. The molecule has 1 heterocycles. The third kappa shape index (κ3) is 4.63. The number of hydrogen-bond donors (Lipinski definition) is 1. The van der Waals surface area contributed by atoms with E-state index in [1.54, 1.807) is 24.3 Å². The zero-order valence-corrected chi connectivity index (χ0v) is 16.0. The van der Waals surface area contributed by atoms with Gasteiger partial charge in [-0.2, -0.15) is 5.10 Å². The Morgan fingerprint density at radius 1 is 1.14 bits per heavy atom. The summed E-state index contributed by atoms with van der Waals surface area (Å²) < 4.78 is 0. The third-order valence-corrected chi connectivity index (χ3v) is 4.98. The van der Waals surface area contributed by atoms with Gasteiger partial charge >= 0.3 is 5.69 Å². The Bertz CT molecular complexity index is 1050. The van der Waals surface area contributed by atoms with Gasteiger partial charge in [0.05, 0.1) is 15.9 Å². The standard InChI is InChI=1S/C18H15N5O5S/c1-11-2-4-12(5-3-11)17(24)16(18-19-8-9-29-18)21-20-14-7-6-13(22(25)26)10-15(14)23(27)28/h2-7,10,20H,8-9H2,1H3/b21-16+. The van der Waals surface area contributed by atoms with Crippen molar-refractivity contribution in [2.45, 2.75) is 6.92 Å². The van der Waals surface area contributed by atoms with E-state index < -0.39 is 21.2 Å². The summed E-state index contributed by atoms with van der Waals surface area (Å²) >= 11 is 1.36. The molecule has 2 aromatic carbocycles. The molecule has 2 aromatic rings. The highest BCUT2D eigenvalue weighted by molar-refractivity contribution is 8.16. The van der Waals surface area contributed by atoms with Crippen LogP contribution in [0.15, 0.2) is 52.6 Å². The van der Waals surface area contributed by atoms with E-state index in [0.717, 1.165) is 17.7 Å². The largest absolute Gasteiger partial charge is 0.301 e. The normalized spacial score (nSPS) is 13.7. The molecule has 0 aliphatic carbocycles. The number of aliphatic imine (C=N–C) groups is 1. The second kappa shape index (κ2) is 8.61. The number of carbonyl (C=O) groups excluding carboxylic acids is 1. The van der Waals surface area contributed by atoms with Crippen LogP contribution < -0.4 is 5.43 Å². The fourth-order valence-corrected chi connectivity index (χ4v) is 3.34. The number of nitrogens with zero attached hydrogens (tertiary/aromatic N) is 4. The van der Waals surface area contributed by atoms with E-state index in [1.807, 2.05) is 6.92 Å². The number of nitrogens with one attached hydrogen (secondary N) is 1. The molecule has 1 aliphatic heterocycles. The van der Waals surface area contributed by atoms with Gasteiger partial charge in [0.25, 0.3) is 5.69 Å². The second-order valence-electron chi connectivity index (χ2n) is 6.02. The van der Waals surface area contributed by atoms with Crippen molar-refractivity contribution >= 4 is 45.4 Å². The molecule has 0 fully saturated rings. The molecule has 0 saturated carbocycles.